The van der Waals surface area contributed by atoms with Crippen LogP contribution in [0.3, 0.4) is 0 Å². The molecule has 1 aliphatic carbocycles. The van der Waals surface area contributed by atoms with E-state index < -0.39 is 0 Å². The largest absolute Gasteiger partial charge is 0.338 e. The summed E-state index contributed by atoms with van der Waals surface area (Å²) in [6.45, 7) is 11.3. The van der Waals surface area contributed by atoms with Crippen molar-refractivity contribution in [3.63, 3.8) is 0 Å². The summed E-state index contributed by atoms with van der Waals surface area (Å²) >= 11 is 0. The molecule has 4 atom stereocenters. The number of hydrogen-bond donors (Lipinski definition) is 0. The Bertz CT molecular complexity index is 3230. The van der Waals surface area contributed by atoms with Gasteiger partial charge in [-0.1, -0.05) is 176 Å². The van der Waals surface area contributed by atoms with Crippen molar-refractivity contribution < 1.29 is 4.79 Å². The summed E-state index contributed by atoms with van der Waals surface area (Å²) in [7, 11) is 0. The van der Waals surface area contributed by atoms with Gasteiger partial charge < -0.3 is 14.7 Å². The van der Waals surface area contributed by atoms with Crippen LogP contribution in [-0.2, 0) is 13.0 Å². The van der Waals surface area contributed by atoms with Crippen molar-refractivity contribution in [1.29, 1.82) is 0 Å². The molecule has 5 heteroatoms. The van der Waals surface area contributed by atoms with Gasteiger partial charge in [0.15, 0.2) is 0 Å². The SMILES string of the molecule is O=C(c1cccc2c1Cc1ccccc1-2)N1C[C@H](CN2CCC(c3ccccc3)CC2)[C@@H](c2cccc(-c3cc(CN4C[C@H](CN5CCC(c6ccccc6)CC5)[C@@H](c5ccccc5)C4)c4ccccc4c3)c2)C1. The van der Waals surface area contributed by atoms with E-state index in [1.165, 1.54) is 111 Å². The van der Waals surface area contributed by atoms with Gasteiger partial charge in [0.05, 0.1) is 0 Å². The highest BCUT2D eigenvalue weighted by Gasteiger charge is 2.40. The summed E-state index contributed by atoms with van der Waals surface area (Å²) in [5.74, 6) is 3.13. The number of benzene rings is 8. The molecule has 8 aromatic rings. The van der Waals surface area contributed by atoms with Crippen LogP contribution >= 0.6 is 0 Å². The molecule has 0 radical (unpaired) electrons. The van der Waals surface area contributed by atoms with E-state index in [1.807, 2.05) is 0 Å². The molecule has 0 saturated carbocycles. The molecule has 4 aliphatic heterocycles. The first-order valence-corrected chi connectivity index (χ1v) is 28.0. The van der Waals surface area contributed by atoms with Gasteiger partial charge in [0, 0.05) is 63.2 Å². The third kappa shape index (κ3) is 9.67. The molecule has 372 valence electrons. The van der Waals surface area contributed by atoms with E-state index in [1.54, 1.807) is 0 Å². The molecule has 5 nitrogen and oxygen atoms in total. The van der Waals surface area contributed by atoms with Crippen LogP contribution in [0.15, 0.2) is 194 Å². The zero-order chi connectivity index (χ0) is 49.4. The third-order valence-electron chi connectivity index (χ3n) is 18.2. The molecular formula is C69H70N4O. The Balaban J connectivity index is 0.766. The number of hydrogen-bond acceptors (Lipinski definition) is 4. The molecular weight excluding hydrogens is 901 g/mol. The molecule has 0 aromatic heterocycles. The first-order valence-electron chi connectivity index (χ1n) is 28.0. The maximum atomic E-state index is 15.0. The van der Waals surface area contributed by atoms with Crippen LogP contribution in [0, 0.1) is 11.8 Å². The molecule has 5 aliphatic rings. The fraction of sp³-hybridized carbons (Fsp3) is 0.319. The Kier molecular flexibility index (Phi) is 13.3. The number of fused-ring (bicyclic) bond motifs is 4. The van der Waals surface area contributed by atoms with Crippen molar-refractivity contribution in [2.45, 2.75) is 62.3 Å². The molecule has 0 N–H and O–H groups in total. The quantitative estimate of drug-likeness (QED) is 0.122. The Labute approximate surface area is 439 Å². The van der Waals surface area contributed by atoms with E-state index in [0.717, 1.165) is 70.9 Å². The van der Waals surface area contributed by atoms with Crippen molar-refractivity contribution in [3.05, 3.63) is 239 Å². The van der Waals surface area contributed by atoms with Gasteiger partial charge in [-0.15, -0.1) is 0 Å². The standard InChI is InChI=1S/C69H70N4O/c74-69(65-29-15-28-64-63-27-13-11-23-57(63)41-66(64)65)73-46-61(44-71-36-32-52(33-37-71)50-18-6-2-7-19-50)68(48-73)56-25-14-24-54(38-56)58-39-55-22-10-12-26-62(55)59(40-58)42-72-45-60(67(47-72)53-20-8-3-9-21-53)43-70-34-30-51(31-35-70)49-16-4-1-5-17-49/h1-29,38-40,51-52,60-61,67-68H,30-37,41-48H2/t60-,61-,67+,68+/m0/s1. The van der Waals surface area contributed by atoms with Crippen LogP contribution in [0.5, 0.6) is 0 Å². The molecule has 0 unspecified atom stereocenters. The lowest BCUT2D eigenvalue weighted by Crippen LogP contribution is -2.38. The van der Waals surface area contributed by atoms with Crippen molar-refractivity contribution in [2.24, 2.45) is 11.8 Å². The molecule has 0 spiro atoms. The predicted molar refractivity (Wildman–Crippen MR) is 304 cm³/mol. The number of nitrogens with zero attached hydrogens (tertiary/aromatic N) is 4. The van der Waals surface area contributed by atoms with E-state index >= 15 is 0 Å². The smallest absolute Gasteiger partial charge is 0.254 e. The van der Waals surface area contributed by atoms with E-state index in [-0.39, 0.29) is 11.8 Å². The van der Waals surface area contributed by atoms with Gasteiger partial charge >= 0.3 is 0 Å². The Morgan fingerprint density at radius 1 is 0.446 bits per heavy atom. The van der Waals surface area contributed by atoms with Crippen LogP contribution in [0.25, 0.3) is 33.0 Å². The summed E-state index contributed by atoms with van der Waals surface area (Å²) in [6, 6.07) is 72.2. The Morgan fingerprint density at radius 2 is 1.01 bits per heavy atom. The summed E-state index contributed by atoms with van der Waals surface area (Å²) in [4.78, 5) is 25.4. The van der Waals surface area contributed by atoms with Crippen molar-refractivity contribution >= 4 is 16.7 Å². The third-order valence-corrected chi connectivity index (χ3v) is 18.2. The first-order chi connectivity index (χ1) is 36.5. The highest BCUT2D eigenvalue weighted by Crippen LogP contribution is 2.43. The molecule has 74 heavy (non-hydrogen) atoms. The number of piperidine rings is 2. The monoisotopic (exact) mass is 971 g/mol. The van der Waals surface area contributed by atoms with Crippen molar-refractivity contribution in [3.8, 4) is 22.3 Å². The van der Waals surface area contributed by atoms with Crippen molar-refractivity contribution in [2.75, 3.05) is 65.4 Å². The zero-order valence-electron chi connectivity index (χ0n) is 43.0. The fourth-order valence-electron chi connectivity index (χ4n) is 14.4. The molecule has 13 rings (SSSR count). The fourth-order valence-corrected chi connectivity index (χ4v) is 14.4. The summed E-state index contributed by atoms with van der Waals surface area (Å²) in [5.41, 5.74) is 15.6. The molecule has 0 bridgehead atoms. The van der Waals surface area contributed by atoms with Crippen LogP contribution in [0.4, 0.5) is 0 Å². The molecule has 1 amide bonds. The molecule has 4 fully saturated rings. The lowest BCUT2D eigenvalue weighted by Gasteiger charge is -2.35. The van der Waals surface area contributed by atoms with E-state index in [2.05, 4.69) is 214 Å². The minimum atomic E-state index is 0.187. The highest BCUT2D eigenvalue weighted by atomic mass is 16.2. The van der Waals surface area contributed by atoms with E-state index in [4.69, 9.17) is 0 Å². The minimum absolute atomic E-state index is 0.187. The van der Waals surface area contributed by atoms with Crippen LogP contribution < -0.4 is 0 Å². The van der Waals surface area contributed by atoms with Crippen LogP contribution in [-0.4, -0.2) is 91.0 Å². The summed E-state index contributed by atoms with van der Waals surface area (Å²) in [6.07, 6.45) is 5.67. The maximum absolute atomic E-state index is 15.0. The van der Waals surface area contributed by atoms with Gasteiger partial charge in [0.25, 0.3) is 5.91 Å². The molecule has 8 aromatic carbocycles. The van der Waals surface area contributed by atoms with E-state index in [0.29, 0.717) is 29.6 Å². The topological polar surface area (TPSA) is 30.0 Å². The van der Waals surface area contributed by atoms with Gasteiger partial charge in [-0.3, -0.25) is 9.69 Å². The second-order valence-corrected chi connectivity index (χ2v) is 22.7. The Hall–Kier alpha value is -6.63. The maximum Gasteiger partial charge on any atom is 0.254 e. The minimum Gasteiger partial charge on any atom is -0.338 e. The summed E-state index contributed by atoms with van der Waals surface area (Å²) in [5, 5.41) is 2.65. The van der Waals surface area contributed by atoms with Crippen molar-refractivity contribution in [1.82, 2.24) is 19.6 Å². The normalized spacial score (nSPS) is 21.8. The Morgan fingerprint density at radius 3 is 1.72 bits per heavy atom. The van der Waals surface area contributed by atoms with Gasteiger partial charge in [-0.2, -0.15) is 0 Å². The number of likely N-dealkylation sites (tertiary alicyclic amines) is 4. The molecule has 4 saturated heterocycles. The first kappa shape index (κ1) is 47.1. The lowest BCUT2D eigenvalue weighted by molar-refractivity contribution is 0.0780. The van der Waals surface area contributed by atoms with Gasteiger partial charge in [-0.25, -0.2) is 0 Å². The van der Waals surface area contributed by atoms with Gasteiger partial charge in [-0.05, 0) is 172 Å². The van der Waals surface area contributed by atoms with Gasteiger partial charge in [0.2, 0.25) is 0 Å². The molecule has 4 heterocycles. The number of amides is 1. The zero-order valence-corrected chi connectivity index (χ0v) is 43.0. The second kappa shape index (κ2) is 20.9. The number of rotatable bonds is 12. The number of carbonyl (C=O) groups is 1. The highest BCUT2D eigenvalue weighted by molar-refractivity contribution is 5.99. The van der Waals surface area contributed by atoms with Gasteiger partial charge in [0.1, 0.15) is 0 Å². The van der Waals surface area contributed by atoms with Crippen LogP contribution in [0.1, 0.15) is 98.7 Å². The second-order valence-electron chi connectivity index (χ2n) is 22.7. The predicted octanol–water partition coefficient (Wildman–Crippen LogP) is 13.9. The lowest BCUT2D eigenvalue weighted by atomic mass is 9.85. The average molecular weight is 971 g/mol. The van der Waals surface area contributed by atoms with Crippen LogP contribution in [0.2, 0.25) is 0 Å². The van der Waals surface area contributed by atoms with E-state index in [9.17, 15) is 4.79 Å². The average Bonchev–Trinajstić information content (AvgIpc) is 4.20. The summed E-state index contributed by atoms with van der Waals surface area (Å²) < 4.78 is 0. The number of carbonyl (C=O) groups excluding carboxylic acids is 1.